The lowest BCUT2D eigenvalue weighted by Crippen LogP contribution is -2.41. The molecule has 2 heterocycles. The maximum absolute atomic E-state index is 11.7. The standard InChI is InChI=1S/C15H21N5O/c1-15(2,14(21)16-3)10-18-8-12-9-19-20-13(12)11-5-4-6-17-7-11/h4-7,9,18H,8,10H2,1-3H3,(H,16,21)(H,19,20). The molecule has 6 nitrogen and oxygen atoms in total. The fraction of sp³-hybridized carbons (Fsp3) is 0.400. The molecule has 0 saturated carbocycles. The van der Waals surface area contributed by atoms with Crippen molar-refractivity contribution in [2.24, 2.45) is 5.41 Å². The molecule has 0 spiro atoms. The zero-order chi connectivity index (χ0) is 15.3. The Morgan fingerprint density at radius 2 is 2.19 bits per heavy atom. The van der Waals surface area contributed by atoms with Gasteiger partial charge in [-0.3, -0.25) is 14.9 Å². The minimum Gasteiger partial charge on any atom is -0.359 e. The molecule has 3 N–H and O–H groups in total. The summed E-state index contributed by atoms with van der Waals surface area (Å²) in [4.78, 5) is 15.9. The van der Waals surface area contributed by atoms with Crippen LogP contribution in [0.15, 0.2) is 30.7 Å². The van der Waals surface area contributed by atoms with E-state index in [-0.39, 0.29) is 5.91 Å². The van der Waals surface area contributed by atoms with Gasteiger partial charge < -0.3 is 10.6 Å². The summed E-state index contributed by atoms with van der Waals surface area (Å²) in [6.07, 6.45) is 5.33. The highest BCUT2D eigenvalue weighted by atomic mass is 16.2. The van der Waals surface area contributed by atoms with E-state index >= 15 is 0 Å². The summed E-state index contributed by atoms with van der Waals surface area (Å²) in [5.41, 5.74) is 2.55. The Balaban J connectivity index is 2.00. The summed E-state index contributed by atoms with van der Waals surface area (Å²) in [5.74, 6) is 0.0228. The quantitative estimate of drug-likeness (QED) is 0.748. The molecular formula is C15H21N5O. The molecule has 0 bridgehead atoms. The number of pyridine rings is 1. The number of hydrogen-bond donors (Lipinski definition) is 3. The predicted octanol–water partition coefficient (Wildman–Crippen LogP) is 1.33. The van der Waals surface area contributed by atoms with Crippen LogP contribution in [0, 0.1) is 5.41 Å². The second-order valence-corrected chi connectivity index (χ2v) is 5.58. The number of nitrogens with zero attached hydrogens (tertiary/aromatic N) is 2. The van der Waals surface area contributed by atoms with Crippen LogP contribution < -0.4 is 10.6 Å². The fourth-order valence-electron chi connectivity index (χ4n) is 2.13. The van der Waals surface area contributed by atoms with Crippen molar-refractivity contribution in [1.29, 1.82) is 0 Å². The van der Waals surface area contributed by atoms with Crippen molar-refractivity contribution >= 4 is 5.91 Å². The lowest BCUT2D eigenvalue weighted by molar-refractivity contribution is -0.128. The molecule has 2 rings (SSSR count). The largest absolute Gasteiger partial charge is 0.359 e. The van der Waals surface area contributed by atoms with Gasteiger partial charge in [-0.1, -0.05) is 0 Å². The highest BCUT2D eigenvalue weighted by molar-refractivity contribution is 5.81. The number of carbonyl (C=O) groups is 1. The maximum Gasteiger partial charge on any atom is 0.226 e. The minimum absolute atomic E-state index is 0.0228. The van der Waals surface area contributed by atoms with Gasteiger partial charge in [0.05, 0.1) is 17.3 Å². The monoisotopic (exact) mass is 287 g/mol. The summed E-state index contributed by atoms with van der Waals surface area (Å²) in [6, 6.07) is 3.88. The van der Waals surface area contributed by atoms with Gasteiger partial charge in [-0.25, -0.2) is 0 Å². The van der Waals surface area contributed by atoms with Crippen LogP contribution in [0.1, 0.15) is 19.4 Å². The number of rotatable bonds is 6. The van der Waals surface area contributed by atoms with Crippen molar-refractivity contribution in [2.45, 2.75) is 20.4 Å². The molecule has 1 amide bonds. The second-order valence-electron chi connectivity index (χ2n) is 5.58. The first-order valence-electron chi connectivity index (χ1n) is 6.90. The molecule has 0 aliphatic rings. The zero-order valence-corrected chi connectivity index (χ0v) is 12.6. The third-order valence-electron chi connectivity index (χ3n) is 3.39. The van der Waals surface area contributed by atoms with Crippen LogP contribution >= 0.6 is 0 Å². The molecule has 6 heteroatoms. The number of hydrogen-bond acceptors (Lipinski definition) is 4. The summed E-state index contributed by atoms with van der Waals surface area (Å²) in [6.45, 7) is 5.05. The highest BCUT2D eigenvalue weighted by Crippen LogP contribution is 2.20. The van der Waals surface area contributed by atoms with E-state index in [1.165, 1.54) is 0 Å². The van der Waals surface area contributed by atoms with Gasteiger partial charge in [0.1, 0.15) is 0 Å². The van der Waals surface area contributed by atoms with Crippen LogP contribution in [0.4, 0.5) is 0 Å². The van der Waals surface area contributed by atoms with Crippen LogP contribution in [0.3, 0.4) is 0 Å². The Labute approximate surface area is 124 Å². The Bertz CT molecular complexity index is 591. The topological polar surface area (TPSA) is 82.7 Å². The molecule has 0 radical (unpaired) electrons. The van der Waals surface area contributed by atoms with Crippen LogP contribution in [0.2, 0.25) is 0 Å². The average molecular weight is 287 g/mol. The van der Waals surface area contributed by atoms with Gasteiger partial charge in [-0.15, -0.1) is 0 Å². The Morgan fingerprint density at radius 1 is 1.38 bits per heavy atom. The van der Waals surface area contributed by atoms with Gasteiger partial charge in [0.2, 0.25) is 5.91 Å². The number of aromatic amines is 1. The minimum atomic E-state index is -0.451. The molecule has 0 fully saturated rings. The first-order chi connectivity index (χ1) is 10.0. The summed E-state index contributed by atoms with van der Waals surface area (Å²) < 4.78 is 0. The van der Waals surface area contributed by atoms with Crippen molar-refractivity contribution in [1.82, 2.24) is 25.8 Å². The van der Waals surface area contributed by atoms with Crippen LogP contribution in [0.25, 0.3) is 11.3 Å². The van der Waals surface area contributed by atoms with E-state index in [9.17, 15) is 4.79 Å². The van der Waals surface area contributed by atoms with E-state index in [0.717, 1.165) is 16.8 Å². The van der Waals surface area contributed by atoms with Crippen LogP contribution in [-0.4, -0.2) is 34.7 Å². The Kier molecular flexibility index (Phi) is 4.70. The molecule has 0 aliphatic heterocycles. The van der Waals surface area contributed by atoms with E-state index in [1.807, 2.05) is 26.0 Å². The molecule has 0 unspecified atom stereocenters. The van der Waals surface area contributed by atoms with Crippen molar-refractivity contribution in [3.63, 3.8) is 0 Å². The van der Waals surface area contributed by atoms with Gasteiger partial charge in [-0.05, 0) is 26.0 Å². The molecule has 21 heavy (non-hydrogen) atoms. The molecule has 112 valence electrons. The van der Waals surface area contributed by atoms with Gasteiger partial charge in [0, 0.05) is 43.7 Å². The SMILES string of the molecule is CNC(=O)C(C)(C)CNCc1cn[nH]c1-c1cccnc1. The van der Waals surface area contributed by atoms with Crippen molar-refractivity contribution in [3.8, 4) is 11.3 Å². The third-order valence-corrected chi connectivity index (χ3v) is 3.39. The number of nitrogens with one attached hydrogen (secondary N) is 3. The number of amides is 1. The van der Waals surface area contributed by atoms with Gasteiger partial charge in [-0.2, -0.15) is 5.10 Å². The molecule has 0 aromatic carbocycles. The molecule has 0 saturated heterocycles. The van der Waals surface area contributed by atoms with Gasteiger partial charge >= 0.3 is 0 Å². The third kappa shape index (κ3) is 3.66. The number of H-pyrrole nitrogens is 1. The van der Waals surface area contributed by atoms with E-state index < -0.39 is 5.41 Å². The van der Waals surface area contributed by atoms with Crippen molar-refractivity contribution in [2.75, 3.05) is 13.6 Å². The van der Waals surface area contributed by atoms with Crippen molar-refractivity contribution in [3.05, 3.63) is 36.3 Å². The average Bonchev–Trinajstić information content (AvgIpc) is 2.95. The molecule has 2 aromatic rings. The lowest BCUT2D eigenvalue weighted by Gasteiger charge is -2.22. The molecular weight excluding hydrogens is 266 g/mol. The van der Waals surface area contributed by atoms with Gasteiger partial charge in [0.15, 0.2) is 0 Å². The number of aromatic nitrogens is 3. The highest BCUT2D eigenvalue weighted by Gasteiger charge is 2.26. The second kappa shape index (κ2) is 6.49. The van der Waals surface area contributed by atoms with Gasteiger partial charge in [0.25, 0.3) is 0 Å². The van der Waals surface area contributed by atoms with Crippen LogP contribution in [0.5, 0.6) is 0 Å². The summed E-state index contributed by atoms with van der Waals surface area (Å²) in [5, 5.41) is 13.1. The lowest BCUT2D eigenvalue weighted by atomic mass is 9.92. The summed E-state index contributed by atoms with van der Waals surface area (Å²) in [7, 11) is 1.65. The Morgan fingerprint density at radius 3 is 2.86 bits per heavy atom. The van der Waals surface area contributed by atoms with E-state index in [2.05, 4.69) is 25.8 Å². The van der Waals surface area contributed by atoms with Crippen molar-refractivity contribution < 1.29 is 4.79 Å². The normalized spacial score (nSPS) is 11.4. The number of carbonyl (C=O) groups excluding carboxylic acids is 1. The zero-order valence-electron chi connectivity index (χ0n) is 12.6. The molecule has 0 aliphatic carbocycles. The first-order valence-corrected chi connectivity index (χ1v) is 6.90. The van der Waals surface area contributed by atoms with E-state index in [4.69, 9.17) is 0 Å². The smallest absolute Gasteiger partial charge is 0.226 e. The molecule has 2 aromatic heterocycles. The summed E-state index contributed by atoms with van der Waals surface area (Å²) >= 11 is 0. The maximum atomic E-state index is 11.7. The molecule has 0 atom stereocenters. The first kappa shape index (κ1) is 15.2. The van der Waals surface area contributed by atoms with Crippen LogP contribution in [-0.2, 0) is 11.3 Å². The van der Waals surface area contributed by atoms with E-state index in [1.54, 1.807) is 25.6 Å². The van der Waals surface area contributed by atoms with E-state index in [0.29, 0.717) is 13.1 Å². The Hall–Kier alpha value is -2.21. The fourth-order valence-corrected chi connectivity index (χ4v) is 2.13. The predicted molar refractivity (Wildman–Crippen MR) is 81.4 cm³/mol.